The number of nitrogens with zero attached hydrogens (tertiary/aromatic N) is 2. The lowest BCUT2D eigenvalue weighted by Crippen LogP contribution is -2.33. The molecule has 4 heteroatoms. The van der Waals surface area contributed by atoms with E-state index < -0.39 is 0 Å². The topological polar surface area (TPSA) is 53.6 Å². The van der Waals surface area contributed by atoms with Crippen LogP contribution in [0.25, 0.3) is 10.8 Å². The Labute approximate surface area is 153 Å². The van der Waals surface area contributed by atoms with Crippen molar-refractivity contribution in [3.05, 3.63) is 65.2 Å². The molecule has 3 aromatic carbocycles. The highest BCUT2D eigenvalue weighted by molar-refractivity contribution is 5.99. The number of guanidine groups is 1. The molecule has 1 aliphatic carbocycles. The number of hydrogen-bond donors (Lipinski definition) is 2. The molecular formula is C22H22N4. The summed E-state index contributed by atoms with van der Waals surface area (Å²) in [6.07, 6.45) is 3.19. The number of hydrogen-bond acceptors (Lipinski definition) is 2. The number of nitrogens with two attached hydrogens (primary N) is 1. The number of benzene rings is 3. The molecule has 0 bridgehead atoms. The molecule has 0 fully saturated rings. The Morgan fingerprint density at radius 2 is 1.96 bits per heavy atom. The number of nitrogens with one attached hydrogen (secondary N) is 1. The highest BCUT2D eigenvalue weighted by Crippen LogP contribution is 2.37. The molecule has 0 aromatic heterocycles. The summed E-state index contributed by atoms with van der Waals surface area (Å²) in [6.45, 7) is 1.01. The van der Waals surface area contributed by atoms with Crippen LogP contribution in [-0.4, -0.2) is 19.6 Å². The predicted molar refractivity (Wildman–Crippen MR) is 110 cm³/mol. The van der Waals surface area contributed by atoms with Crippen LogP contribution in [0, 0.1) is 0 Å². The van der Waals surface area contributed by atoms with Gasteiger partial charge in [0.2, 0.25) is 5.96 Å². The highest BCUT2D eigenvalue weighted by Gasteiger charge is 2.18. The van der Waals surface area contributed by atoms with Gasteiger partial charge < -0.3 is 16.0 Å². The van der Waals surface area contributed by atoms with Crippen molar-refractivity contribution in [2.24, 2.45) is 10.7 Å². The van der Waals surface area contributed by atoms with Gasteiger partial charge in [0.25, 0.3) is 0 Å². The first kappa shape index (κ1) is 15.3. The summed E-state index contributed by atoms with van der Waals surface area (Å²) >= 11 is 0. The van der Waals surface area contributed by atoms with Gasteiger partial charge in [0, 0.05) is 25.0 Å². The van der Waals surface area contributed by atoms with Crippen LogP contribution in [-0.2, 0) is 19.3 Å². The molecule has 26 heavy (non-hydrogen) atoms. The fraction of sp³-hybridized carbons (Fsp3) is 0.227. The molecule has 0 unspecified atom stereocenters. The zero-order valence-electron chi connectivity index (χ0n) is 14.9. The minimum absolute atomic E-state index is 0.524. The minimum Gasteiger partial charge on any atom is -0.384 e. The van der Waals surface area contributed by atoms with Gasteiger partial charge in [0.15, 0.2) is 0 Å². The van der Waals surface area contributed by atoms with Crippen LogP contribution in [0.2, 0.25) is 0 Å². The molecule has 130 valence electrons. The zero-order chi connectivity index (χ0) is 17.7. The molecule has 3 aromatic rings. The summed E-state index contributed by atoms with van der Waals surface area (Å²) in [5.74, 6) is 0.524. The average molecular weight is 342 g/mol. The maximum Gasteiger partial charge on any atom is 0.200 e. The Bertz CT molecular complexity index is 1050. The van der Waals surface area contributed by atoms with Gasteiger partial charge in [-0.25, -0.2) is 4.99 Å². The Balaban J connectivity index is 1.52. The van der Waals surface area contributed by atoms with Gasteiger partial charge in [-0.15, -0.1) is 0 Å². The highest BCUT2D eigenvalue weighted by atomic mass is 15.2. The van der Waals surface area contributed by atoms with E-state index in [1.54, 1.807) is 0 Å². The van der Waals surface area contributed by atoms with Crippen LogP contribution in [0.1, 0.15) is 16.7 Å². The third-order valence-corrected chi connectivity index (χ3v) is 5.62. The van der Waals surface area contributed by atoms with Crippen LogP contribution in [0.5, 0.6) is 0 Å². The van der Waals surface area contributed by atoms with Gasteiger partial charge in [-0.1, -0.05) is 24.3 Å². The molecule has 4 nitrogen and oxygen atoms in total. The number of aliphatic imine (C=N–C) groups is 1. The Morgan fingerprint density at radius 1 is 1.04 bits per heavy atom. The second-order valence-corrected chi connectivity index (χ2v) is 7.13. The molecular weight excluding hydrogens is 320 g/mol. The number of anilines is 2. The van der Waals surface area contributed by atoms with Gasteiger partial charge in [0.05, 0.1) is 5.69 Å². The summed E-state index contributed by atoms with van der Waals surface area (Å²) in [7, 11) is 1.98. The van der Waals surface area contributed by atoms with E-state index in [0.717, 1.165) is 37.2 Å². The van der Waals surface area contributed by atoms with E-state index in [1.165, 1.54) is 33.2 Å². The third kappa shape index (κ3) is 2.33. The van der Waals surface area contributed by atoms with Gasteiger partial charge in [-0.2, -0.15) is 0 Å². The van der Waals surface area contributed by atoms with Crippen molar-refractivity contribution < 1.29 is 0 Å². The second-order valence-electron chi connectivity index (χ2n) is 7.13. The summed E-state index contributed by atoms with van der Waals surface area (Å²) in [4.78, 5) is 6.76. The zero-order valence-corrected chi connectivity index (χ0v) is 14.9. The molecule has 0 atom stereocenters. The van der Waals surface area contributed by atoms with E-state index in [4.69, 9.17) is 10.7 Å². The van der Waals surface area contributed by atoms with Crippen LogP contribution >= 0.6 is 0 Å². The Hall–Kier alpha value is -3.01. The number of fused-ring (bicyclic) bond motifs is 1. The fourth-order valence-corrected chi connectivity index (χ4v) is 4.18. The molecule has 0 spiro atoms. The maximum absolute atomic E-state index is 6.37. The molecule has 0 saturated carbocycles. The largest absolute Gasteiger partial charge is 0.384 e. The number of rotatable bonds is 2. The van der Waals surface area contributed by atoms with Crippen molar-refractivity contribution in [1.29, 1.82) is 0 Å². The van der Waals surface area contributed by atoms with Crippen LogP contribution < -0.4 is 16.0 Å². The lowest BCUT2D eigenvalue weighted by molar-refractivity contribution is 1.02. The van der Waals surface area contributed by atoms with E-state index in [-0.39, 0.29) is 0 Å². The predicted octanol–water partition coefficient (Wildman–Crippen LogP) is 3.99. The van der Waals surface area contributed by atoms with Crippen molar-refractivity contribution >= 4 is 33.8 Å². The van der Waals surface area contributed by atoms with Crippen LogP contribution in [0.4, 0.5) is 17.1 Å². The van der Waals surface area contributed by atoms with E-state index in [0.29, 0.717) is 5.96 Å². The lowest BCUT2D eigenvalue weighted by atomic mass is 10.0. The van der Waals surface area contributed by atoms with E-state index in [2.05, 4.69) is 53.8 Å². The van der Waals surface area contributed by atoms with E-state index in [1.807, 2.05) is 11.9 Å². The van der Waals surface area contributed by atoms with Gasteiger partial charge in [-0.05, 0) is 71.0 Å². The molecule has 0 radical (unpaired) electrons. The van der Waals surface area contributed by atoms with Crippen molar-refractivity contribution in [2.45, 2.75) is 19.3 Å². The van der Waals surface area contributed by atoms with Crippen molar-refractivity contribution in [3.8, 4) is 0 Å². The van der Waals surface area contributed by atoms with Gasteiger partial charge in [0.1, 0.15) is 0 Å². The molecule has 0 saturated heterocycles. The molecule has 3 N–H and O–H groups in total. The molecule has 2 aliphatic rings. The second kappa shape index (κ2) is 5.77. The summed E-state index contributed by atoms with van der Waals surface area (Å²) in [6, 6.07) is 17.2. The van der Waals surface area contributed by atoms with E-state index >= 15 is 0 Å². The quantitative estimate of drug-likeness (QED) is 0.547. The fourth-order valence-electron chi connectivity index (χ4n) is 4.18. The minimum atomic E-state index is 0.524. The van der Waals surface area contributed by atoms with Crippen LogP contribution in [0.15, 0.2) is 53.5 Å². The number of aryl methyl sites for hydroxylation is 2. The van der Waals surface area contributed by atoms with Crippen molar-refractivity contribution in [2.75, 3.05) is 23.8 Å². The van der Waals surface area contributed by atoms with Gasteiger partial charge in [-0.3, -0.25) is 0 Å². The first-order valence-corrected chi connectivity index (χ1v) is 9.19. The summed E-state index contributed by atoms with van der Waals surface area (Å²) < 4.78 is 0. The SMILES string of the molecule is CN(C(N)=Nc1ccc2cccc3c2c1CC3)c1ccc2c(c1)CCN2. The first-order valence-electron chi connectivity index (χ1n) is 9.19. The summed E-state index contributed by atoms with van der Waals surface area (Å²) in [5, 5.41) is 6.06. The third-order valence-electron chi connectivity index (χ3n) is 5.62. The molecule has 5 rings (SSSR count). The normalized spacial score (nSPS) is 15.2. The molecule has 1 heterocycles. The van der Waals surface area contributed by atoms with Crippen molar-refractivity contribution in [3.63, 3.8) is 0 Å². The van der Waals surface area contributed by atoms with E-state index in [9.17, 15) is 0 Å². The standard InChI is InChI=1S/C22H22N4/c1-26(17-7-10-19-16(13-17)11-12-24-19)22(23)25-20-9-6-15-4-2-3-14-5-8-18(20)21(14)15/h2-4,6-7,9-10,13,24H,5,8,11-12H2,1H3,(H2,23,25). The Kier molecular flexibility index (Phi) is 3.38. The lowest BCUT2D eigenvalue weighted by Gasteiger charge is -2.19. The van der Waals surface area contributed by atoms with Crippen molar-refractivity contribution in [1.82, 2.24) is 0 Å². The Morgan fingerprint density at radius 3 is 2.88 bits per heavy atom. The van der Waals surface area contributed by atoms with Crippen LogP contribution in [0.3, 0.4) is 0 Å². The first-order chi connectivity index (χ1) is 12.7. The molecule has 1 aliphatic heterocycles. The molecule has 0 amide bonds. The summed E-state index contributed by atoms with van der Waals surface area (Å²) in [5.41, 5.74) is 13.8. The monoisotopic (exact) mass is 342 g/mol. The smallest absolute Gasteiger partial charge is 0.200 e. The maximum atomic E-state index is 6.37. The van der Waals surface area contributed by atoms with Gasteiger partial charge >= 0.3 is 0 Å². The average Bonchev–Trinajstić information content (AvgIpc) is 3.31.